The van der Waals surface area contributed by atoms with Crippen molar-refractivity contribution in [1.29, 1.82) is 0 Å². The molecule has 0 bridgehead atoms. The number of rotatable bonds is 8. The fourth-order valence-electron chi connectivity index (χ4n) is 2.72. The van der Waals surface area contributed by atoms with Crippen molar-refractivity contribution in [3.05, 3.63) is 45.9 Å². The second-order valence-electron chi connectivity index (χ2n) is 6.08. The predicted molar refractivity (Wildman–Crippen MR) is 100 cm³/mol. The predicted octanol–water partition coefficient (Wildman–Crippen LogP) is 4.89. The number of unbranched alkanes of at least 4 members (excludes halogenated alkanes) is 1. The van der Waals surface area contributed by atoms with E-state index in [1.165, 1.54) is 35.9 Å². The van der Waals surface area contributed by atoms with Crippen molar-refractivity contribution in [2.75, 3.05) is 18.5 Å². The molecular weight excluding hydrogens is 322 g/mol. The van der Waals surface area contributed by atoms with Gasteiger partial charge in [-0.25, -0.2) is 9.97 Å². The molecule has 130 valence electrons. The number of hydrogen-bond acceptors (Lipinski definition) is 4. The number of aryl methyl sites for hydroxylation is 3. The number of nitrogens with one attached hydrogen (secondary N) is 1. The molecule has 0 saturated heterocycles. The molecule has 1 N–H and O–H groups in total. The first kappa shape index (κ1) is 18.5. The van der Waals surface area contributed by atoms with Gasteiger partial charge in [0, 0.05) is 5.56 Å². The highest BCUT2D eigenvalue weighted by Gasteiger charge is 2.08. The van der Waals surface area contributed by atoms with Gasteiger partial charge in [0.1, 0.15) is 29.7 Å². The Labute approximate surface area is 149 Å². The van der Waals surface area contributed by atoms with Gasteiger partial charge in [-0.15, -0.1) is 0 Å². The fourth-order valence-corrected chi connectivity index (χ4v) is 2.86. The van der Waals surface area contributed by atoms with Crippen LogP contribution in [0.5, 0.6) is 5.75 Å². The summed E-state index contributed by atoms with van der Waals surface area (Å²) in [5.74, 6) is 1.73. The van der Waals surface area contributed by atoms with Crippen LogP contribution in [0.15, 0.2) is 18.5 Å². The highest BCUT2D eigenvalue weighted by molar-refractivity contribution is 6.30. The van der Waals surface area contributed by atoms with Gasteiger partial charge in [0.25, 0.3) is 0 Å². The highest BCUT2D eigenvalue weighted by atomic mass is 35.5. The molecule has 0 saturated carbocycles. The van der Waals surface area contributed by atoms with Crippen LogP contribution in [0.3, 0.4) is 0 Å². The van der Waals surface area contributed by atoms with E-state index in [1.54, 1.807) is 0 Å². The van der Waals surface area contributed by atoms with Gasteiger partial charge < -0.3 is 10.1 Å². The Kier molecular flexibility index (Phi) is 6.85. The molecule has 24 heavy (non-hydrogen) atoms. The Morgan fingerprint density at radius 1 is 1.12 bits per heavy atom. The van der Waals surface area contributed by atoms with Gasteiger partial charge in [0.05, 0.1) is 6.54 Å². The molecule has 0 aliphatic rings. The van der Waals surface area contributed by atoms with Gasteiger partial charge in [-0.1, -0.05) is 37.1 Å². The standard InChI is InChI=1S/C19H26ClN3O/c1-5-6-7-16-10-13(2)17(14(3)11-16)24-9-8-21-19-15(4)18(20)22-12-23-19/h10-12H,5-9H2,1-4H3,(H,21,22,23). The molecule has 1 aromatic heterocycles. The number of benzene rings is 1. The summed E-state index contributed by atoms with van der Waals surface area (Å²) < 4.78 is 5.98. The number of halogens is 1. The summed E-state index contributed by atoms with van der Waals surface area (Å²) in [6, 6.07) is 4.47. The van der Waals surface area contributed by atoms with Crippen molar-refractivity contribution in [1.82, 2.24) is 9.97 Å². The molecule has 4 nitrogen and oxygen atoms in total. The molecule has 5 heteroatoms. The van der Waals surface area contributed by atoms with Gasteiger partial charge in [-0.2, -0.15) is 0 Å². The lowest BCUT2D eigenvalue weighted by atomic mass is 10.0. The lowest BCUT2D eigenvalue weighted by Crippen LogP contribution is -2.14. The summed E-state index contributed by atoms with van der Waals surface area (Å²) in [4.78, 5) is 8.15. The second kappa shape index (κ2) is 8.88. The zero-order chi connectivity index (χ0) is 17.5. The van der Waals surface area contributed by atoms with Gasteiger partial charge in [0.2, 0.25) is 0 Å². The summed E-state index contributed by atoms with van der Waals surface area (Å²) in [6.45, 7) is 9.56. The Bertz CT molecular complexity index is 665. The molecule has 0 spiro atoms. The van der Waals surface area contributed by atoms with Crippen molar-refractivity contribution in [2.24, 2.45) is 0 Å². The SMILES string of the molecule is CCCCc1cc(C)c(OCCNc2ncnc(Cl)c2C)c(C)c1. The maximum Gasteiger partial charge on any atom is 0.137 e. The number of nitrogens with zero attached hydrogens (tertiary/aromatic N) is 2. The first-order chi connectivity index (χ1) is 11.5. The average Bonchev–Trinajstić information content (AvgIpc) is 2.55. The van der Waals surface area contributed by atoms with Crippen LogP contribution >= 0.6 is 11.6 Å². The molecule has 2 rings (SSSR count). The zero-order valence-corrected chi connectivity index (χ0v) is 15.7. The Hall–Kier alpha value is -1.81. The Balaban J connectivity index is 1.91. The van der Waals surface area contributed by atoms with Crippen LogP contribution in [0.1, 0.15) is 42.0 Å². The minimum absolute atomic E-state index is 0.475. The molecule has 1 heterocycles. The van der Waals surface area contributed by atoms with E-state index in [0.717, 1.165) is 23.6 Å². The highest BCUT2D eigenvalue weighted by Crippen LogP contribution is 2.25. The summed E-state index contributed by atoms with van der Waals surface area (Å²) in [5, 5.41) is 3.72. The molecule has 0 amide bonds. The number of hydrogen-bond donors (Lipinski definition) is 1. The zero-order valence-electron chi connectivity index (χ0n) is 14.9. The van der Waals surface area contributed by atoms with E-state index in [1.807, 2.05) is 6.92 Å². The van der Waals surface area contributed by atoms with Crippen LogP contribution < -0.4 is 10.1 Å². The van der Waals surface area contributed by atoms with Crippen molar-refractivity contribution < 1.29 is 4.74 Å². The van der Waals surface area contributed by atoms with Gasteiger partial charge in [0.15, 0.2) is 0 Å². The largest absolute Gasteiger partial charge is 0.491 e. The summed E-state index contributed by atoms with van der Waals surface area (Å²) in [6.07, 6.45) is 5.04. The van der Waals surface area contributed by atoms with Crippen molar-refractivity contribution >= 4 is 17.4 Å². The minimum atomic E-state index is 0.475. The van der Waals surface area contributed by atoms with Crippen LogP contribution in [0.4, 0.5) is 5.82 Å². The number of anilines is 1. The van der Waals surface area contributed by atoms with Crippen LogP contribution in [-0.2, 0) is 6.42 Å². The molecule has 0 atom stereocenters. The third-order valence-corrected chi connectivity index (χ3v) is 4.38. The number of aromatic nitrogens is 2. The molecule has 0 radical (unpaired) electrons. The van der Waals surface area contributed by atoms with Crippen LogP contribution in [0.2, 0.25) is 5.15 Å². The summed E-state index contributed by atoms with van der Waals surface area (Å²) in [7, 11) is 0. The first-order valence-corrected chi connectivity index (χ1v) is 8.84. The second-order valence-corrected chi connectivity index (χ2v) is 6.43. The molecular formula is C19H26ClN3O. The summed E-state index contributed by atoms with van der Waals surface area (Å²) >= 11 is 5.99. The van der Waals surface area contributed by atoms with Gasteiger partial charge >= 0.3 is 0 Å². The van der Waals surface area contributed by atoms with Crippen LogP contribution in [-0.4, -0.2) is 23.1 Å². The van der Waals surface area contributed by atoms with Crippen molar-refractivity contribution in [3.63, 3.8) is 0 Å². The monoisotopic (exact) mass is 347 g/mol. The molecule has 0 fully saturated rings. The molecule has 0 unspecified atom stereocenters. The van der Waals surface area contributed by atoms with E-state index in [0.29, 0.717) is 18.3 Å². The van der Waals surface area contributed by atoms with Crippen molar-refractivity contribution in [2.45, 2.75) is 47.0 Å². The van der Waals surface area contributed by atoms with E-state index >= 15 is 0 Å². The number of ether oxygens (including phenoxy) is 1. The van der Waals surface area contributed by atoms with E-state index in [-0.39, 0.29) is 0 Å². The molecule has 1 aromatic carbocycles. The van der Waals surface area contributed by atoms with E-state index in [2.05, 4.69) is 48.2 Å². The topological polar surface area (TPSA) is 47.0 Å². The Morgan fingerprint density at radius 2 is 1.83 bits per heavy atom. The van der Waals surface area contributed by atoms with Gasteiger partial charge in [-0.05, 0) is 50.3 Å². The van der Waals surface area contributed by atoms with Gasteiger partial charge in [-0.3, -0.25) is 0 Å². The van der Waals surface area contributed by atoms with E-state index in [9.17, 15) is 0 Å². The van der Waals surface area contributed by atoms with E-state index < -0.39 is 0 Å². The van der Waals surface area contributed by atoms with Crippen molar-refractivity contribution in [3.8, 4) is 5.75 Å². The maximum absolute atomic E-state index is 5.99. The minimum Gasteiger partial charge on any atom is -0.491 e. The quantitative estimate of drug-likeness (QED) is 0.545. The van der Waals surface area contributed by atoms with E-state index in [4.69, 9.17) is 16.3 Å². The maximum atomic E-state index is 5.99. The first-order valence-electron chi connectivity index (χ1n) is 8.46. The lowest BCUT2D eigenvalue weighted by Gasteiger charge is -2.15. The summed E-state index contributed by atoms with van der Waals surface area (Å²) in [5.41, 5.74) is 4.64. The molecule has 0 aliphatic carbocycles. The average molecular weight is 348 g/mol. The van der Waals surface area contributed by atoms with Crippen LogP contribution in [0, 0.1) is 20.8 Å². The Morgan fingerprint density at radius 3 is 2.50 bits per heavy atom. The fraction of sp³-hybridized carbons (Fsp3) is 0.474. The lowest BCUT2D eigenvalue weighted by molar-refractivity contribution is 0.328. The normalized spacial score (nSPS) is 10.7. The third kappa shape index (κ3) is 4.84. The van der Waals surface area contributed by atoms with Crippen LogP contribution in [0.25, 0.3) is 0 Å². The third-order valence-electron chi connectivity index (χ3n) is 4.00. The molecule has 2 aromatic rings. The smallest absolute Gasteiger partial charge is 0.137 e. The molecule has 0 aliphatic heterocycles.